The van der Waals surface area contributed by atoms with Crippen molar-refractivity contribution < 1.29 is 14.4 Å². The second-order valence-corrected chi connectivity index (χ2v) is 5.40. The quantitative estimate of drug-likeness (QED) is 0.837. The predicted molar refractivity (Wildman–Crippen MR) is 73.6 cm³/mol. The maximum absolute atomic E-state index is 12.0. The zero-order valence-electron chi connectivity index (χ0n) is 11.3. The van der Waals surface area contributed by atoms with Crippen molar-refractivity contribution in [2.75, 3.05) is 11.4 Å². The van der Waals surface area contributed by atoms with Gasteiger partial charge in [-0.3, -0.25) is 14.4 Å². The third-order valence-corrected chi connectivity index (χ3v) is 3.63. The van der Waals surface area contributed by atoms with Crippen LogP contribution in [-0.2, 0) is 9.59 Å². The van der Waals surface area contributed by atoms with E-state index >= 15 is 0 Å². The fourth-order valence-corrected chi connectivity index (χ4v) is 2.38. The second kappa shape index (κ2) is 4.74. The Morgan fingerprint density at radius 2 is 2.10 bits per heavy atom. The molecule has 0 aromatic heterocycles. The molecule has 1 saturated carbocycles. The minimum absolute atomic E-state index is 0.0617. The molecule has 2 amide bonds. The molecule has 0 bridgehead atoms. The van der Waals surface area contributed by atoms with Crippen LogP contribution in [-0.4, -0.2) is 30.2 Å². The van der Waals surface area contributed by atoms with Gasteiger partial charge in [-0.05, 0) is 31.9 Å². The number of carbonyl (C=O) groups is 3. The summed E-state index contributed by atoms with van der Waals surface area (Å²) < 4.78 is 0. The monoisotopic (exact) mass is 272 g/mol. The first kappa shape index (κ1) is 12.8. The Balaban J connectivity index is 1.72. The molecule has 2 aliphatic rings. The van der Waals surface area contributed by atoms with Crippen molar-refractivity contribution in [3.8, 4) is 0 Å². The van der Waals surface area contributed by atoms with E-state index in [1.807, 2.05) is 13.0 Å². The Hall–Kier alpha value is -2.17. The number of anilines is 1. The number of benzene rings is 1. The lowest BCUT2D eigenvalue weighted by Crippen LogP contribution is -2.35. The van der Waals surface area contributed by atoms with Gasteiger partial charge in [-0.2, -0.15) is 0 Å². The van der Waals surface area contributed by atoms with Crippen LogP contribution < -0.4 is 10.2 Å². The molecule has 20 heavy (non-hydrogen) atoms. The number of fused-ring (bicyclic) bond motifs is 1. The zero-order chi connectivity index (χ0) is 14.3. The highest BCUT2D eigenvalue weighted by Crippen LogP contribution is 2.29. The summed E-state index contributed by atoms with van der Waals surface area (Å²) in [5, 5.41) is 2.88. The van der Waals surface area contributed by atoms with Crippen molar-refractivity contribution in [2.45, 2.75) is 32.2 Å². The van der Waals surface area contributed by atoms with E-state index in [2.05, 4.69) is 5.32 Å². The van der Waals surface area contributed by atoms with Crippen LogP contribution in [0.3, 0.4) is 0 Å². The van der Waals surface area contributed by atoms with E-state index in [4.69, 9.17) is 0 Å². The highest BCUT2D eigenvalue weighted by Gasteiger charge is 2.35. The van der Waals surface area contributed by atoms with Gasteiger partial charge in [0.15, 0.2) is 0 Å². The summed E-state index contributed by atoms with van der Waals surface area (Å²) in [6, 6.07) is 5.67. The standard InChI is InChI=1S/C15H16N2O3/c1-9-2-5-12-11(8-9)14(19)15(20)17(12)7-6-13(18)16-10-3-4-10/h2,5,8,10H,3-4,6-7H2,1H3,(H,16,18). The van der Waals surface area contributed by atoms with Crippen LogP contribution in [0.5, 0.6) is 0 Å². The van der Waals surface area contributed by atoms with Gasteiger partial charge < -0.3 is 10.2 Å². The first-order chi connectivity index (χ1) is 9.56. The third-order valence-electron chi connectivity index (χ3n) is 3.63. The van der Waals surface area contributed by atoms with Gasteiger partial charge in [0.1, 0.15) is 0 Å². The molecule has 1 aliphatic carbocycles. The zero-order valence-corrected chi connectivity index (χ0v) is 11.3. The fourth-order valence-electron chi connectivity index (χ4n) is 2.38. The van der Waals surface area contributed by atoms with Crippen molar-refractivity contribution in [2.24, 2.45) is 0 Å². The van der Waals surface area contributed by atoms with Crippen molar-refractivity contribution in [3.63, 3.8) is 0 Å². The first-order valence-corrected chi connectivity index (χ1v) is 6.82. The van der Waals surface area contributed by atoms with Crippen LogP contribution in [0.25, 0.3) is 0 Å². The summed E-state index contributed by atoms with van der Waals surface area (Å²) in [7, 11) is 0. The van der Waals surface area contributed by atoms with Crippen LogP contribution >= 0.6 is 0 Å². The smallest absolute Gasteiger partial charge is 0.299 e. The summed E-state index contributed by atoms with van der Waals surface area (Å²) in [5.41, 5.74) is 2.00. The minimum atomic E-state index is -0.537. The number of hydrogen-bond donors (Lipinski definition) is 1. The molecule has 1 aromatic rings. The Morgan fingerprint density at radius 1 is 1.35 bits per heavy atom. The van der Waals surface area contributed by atoms with E-state index < -0.39 is 11.7 Å². The third kappa shape index (κ3) is 2.31. The van der Waals surface area contributed by atoms with Gasteiger partial charge in [-0.25, -0.2) is 0 Å². The van der Waals surface area contributed by atoms with Crippen LogP contribution in [0.4, 0.5) is 5.69 Å². The molecule has 1 N–H and O–H groups in total. The number of rotatable bonds is 4. The van der Waals surface area contributed by atoms with Crippen LogP contribution in [0.2, 0.25) is 0 Å². The van der Waals surface area contributed by atoms with Crippen LogP contribution in [0.1, 0.15) is 35.2 Å². The summed E-state index contributed by atoms with van der Waals surface area (Å²) in [5.74, 6) is -1.08. The normalized spacial score (nSPS) is 17.4. The van der Waals surface area contributed by atoms with E-state index in [0.29, 0.717) is 17.3 Å². The fraction of sp³-hybridized carbons (Fsp3) is 0.400. The molecule has 5 nitrogen and oxygen atoms in total. The lowest BCUT2D eigenvalue weighted by Gasteiger charge is -2.16. The van der Waals surface area contributed by atoms with E-state index in [1.54, 1.807) is 12.1 Å². The molecule has 1 aromatic carbocycles. The molecule has 5 heteroatoms. The SMILES string of the molecule is Cc1ccc2c(c1)C(=O)C(=O)N2CCC(=O)NC1CC1. The Morgan fingerprint density at radius 3 is 2.80 bits per heavy atom. The van der Waals surface area contributed by atoms with Crippen molar-refractivity contribution in [1.82, 2.24) is 5.32 Å². The number of nitrogens with zero attached hydrogens (tertiary/aromatic N) is 1. The highest BCUT2D eigenvalue weighted by molar-refractivity contribution is 6.52. The van der Waals surface area contributed by atoms with Gasteiger partial charge in [-0.1, -0.05) is 11.6 Å². The number of carbonyl (C=O) groups excluding carboxylic acids is 3. The van der Waals surface area contributed by atoms with Crippen molar-refractivity contribution >= 4 is 23.3 Å². The van der Waals surface area contributed by atoms with Crippen LogP contribution in [0, 0.1) is 6.92 Å². The number of nitrogens with one attached hydrogen (secondary N) is 1. The summed E-state index contributed by atoms with van der Waals surface area (Å²) >= 11 is 0. The summed E-state index contributed by atoms with van der Waals surface area (Å²) in [6.45, 7) is 2.13. The maximum Gasteiger partial charge on any atom is 0.299 e. The van der Waals surface area contributed by atoms with E-state index in [-0.39, 0.29) is 18.9 Å². The molecular weight excluding hydrogens is 256 g/mol. The van der Waals surface area contributed by atoms with E-state index in [9.17, 15) is 14.4 Å². The molecule has 0 atom stereocenters. The van der Waals surface area contributed by atoms with E-state index in [1.165, 1.54) is 4.90 Å². The number of Topliss-reactive ketones (excluding diaryl/α,β-unsaturated/α-hetero) is 1. The van der Waals surface area contributed by atoms with E-state index in [0.717, 1.165) is 18.4 Å². The molecule has 1 aliphatic heterocycles. The number of amides is 2. The largest absolute Gasteiger partial charge is 0.353 e. The van der Waals surface area contributed by atoms with Gasteiger partial charge in [0.2, 0.25) is 5.91 Å². The lowest BCUT2D eigenvalue weighted by atomic mass is 10.1. The molecule has 0 spiro atoms. The summed E-state index contributed by atoms with van der Waals surface area (Å²) in [6.07, 6.45) is 2.30. The molecule has 1 heterocycles. The molecular formula is C15H16N2O3. The first-order valence-electron chi connectivity index (χ1n) is 6.82. The van der Waals surface area contributed by atoms with Crippen LogP contribution in [0.15, 0.2) is 18.2 Å². The Labute approximate surface area is 116 Å². The molecule has 1 fully saturated rings. The van der Waals surface area contributed by atoms with Gasteiger partial charge in [0.05, 0.1) is 11.3 Å². The van der Waals surface area contributed by atoms with Crippen molar-refractivity contribution in [3.05, 3.63) is 29.3 Å². The second-order valence-electron chi connectivity index (χ2n) is 5.40. The van der Waals surface area contributed by atoms with Crippen molar-refractivity contribution in [1.29, 1.82) is 0 Å². The molecule has 0 radical (unpaired) electrons. The van der Waals surface area contributed by atoms with Gasteiger partial charge >= 0.3 is 0 Å². The minimum Gasteiger partial charge on any atom is -0.353 e. The Bertz CT molecular complexity index is 605. The average Bonchev–Trinajstić information content (AvgIpc) is 3.19. The average molecular weight is 272 g/mol. The molecule has 3 rings (SSSR count). The number of ketones is 1. The van der Waals surface area contributed by atoms with Gasteiger partial charge in [0.25, 0.3) is 11.7 Å². The molecule has 0 saturated heterocycles. The van der Waals surface area contributed by atoms with Gasteiger partial charge in [0, 0.05) is 19.0 Å². The lowest BCUT2D eigenvalue weighted by molar-refractivity contribution is -0.121. The predicted octanol–water partition coefficient (Wildman–Crippen LogP) is 1.19. The molecule has 0 unspecified atom stereocenters. The topological polar surface area (TPSA) is 66.5 Å². The number of aryl methyl sites for hydroxylation is 1. The molecule has 104 valence electrons. The summed E-state index contributed by atoms with van der Waals surface area (Å²) in [4.78, 5) is 36.9. The highest BCUT2D eigenvalue weighted by atomic mass is 16.2. The van der Waals surface area contributed by atoms with Gasteiger partial charge in [-0.15, -0.1) is 0 Å². The number of hydrogen-bond acceptors (Lipinski definition) is 3. The Kier molecular flexibility index (Phi) is 3.04. The maximum atomic E-state index is 12.0.